The molecule has 2 heterocycles. The molecule has 0 spiro atoms. The number of carbonyl (C=O) groups excluding carboxylic acids is 1. The van der Waals surface area contributed by atoms with Gasteiger partial charge in [-0.15, -0.1) is 0 Å². The van der Waals surface area contributed by atoms with Crippen molar-refractivity contribution in [1.29, 1.82) is 0 Å². The zero-order valence-corrected chi connectivity index (χ0v) is 27.3. The van der Waals surface area contributed by atoms with Crippen molar-refractivity contribution in [2.45, 2.75) is 103 Å². The predicted molar refractivity (Wildman–Crippen MR) is 175 cm³/mol. The first-order chi connectivity index (χ1) is 21.6. The Morgan fingerprint density at radius 1 is 1.04 bits per heavy atom. The zero-order chi connectivity index (χ0) is 31.8. The van der Waals surface area contributed by atoms with E-state index in [4.69, 9.17) is 4.74 Å². The molecule has 0 saturated heterocycles. The van der Waals surface area contributed by atoms with Gasteiger partial charge in [-0.3, -0.25) is 19.3 Å². The van der Waals surface area contributed by atoms with Crippen LogP contribution in [0.25, 0.3) is 11.3 Å². The van der Waals surface area contributed by atoms with Crippen molar-refractivity contribution in [3.8, 4) is 17.0 Å². The van der Waals surface area contributed by atoms with E-state index < -0.39 is 5.97 Å². The Morgan fingerprint density at radius 3 is 2.36 bits per heavy atom. The van der Waals surface area contributed by atoms with Gasteiger partial charge >= 0.3 is 5.97 Å². The number of methoxy groups -OCH3 is 1. The van der Waals surface area contributed by atoms with Crippen LogP contribution >= 0.6 is 0 Å². The minimum atomic E-state index is -0.744. The number of nitrogens with zero attached hydrogens (tertiary/aromatic N) is 4. The molecule has 1 aromatic carbocycles. The van der Waals surface area contributed by atoms with Gasteiger partial charge in [0, 0.05) is 48.6 Å². The van der Waals surface area contributed by atoms with E-state index in [1.165, 1.54) is 11.1 Å². The fraction of sp³-hybridized carbons (Fsp3) is 0.568. The maximum atomic E-state index is 14.5. The van der Waals surface area contributed by atoms with Crippen LogP contribution in [-0.4, -0.2) is 45.4 Å². The molecular formula is C37H48N4O4. The Labute approximate surface area is 267 Å². The highest BCUT2D eigenvalue weighted by Crippen LogP contribution is 2.58. The summed E-state index contributed by atoms with van der Waals surface area (Å²) >= 11 is 0. The van der Waals surface area contributed by atoms with Crippen molar-refractivity contribution in [1.82, 2.24) is 14.8 Å². The topological polar surface area (TPSA) is 97.5 Å². The number of pyridine rings is 1. The number of aryl methyl sites for hydroxylation is 1. The van der Waals surface area contributed by atoms with E-state index in [9.17, 15) is 14.7 Å². The van der Waals surface area contributed by atoms with Crippen LogP contribution in [0.15, 0.2) is 48.9 Å². The molecule has 4 fully saturated rings. The first-order valence-corrected chi connectivity index (χ1v) is 16.8. The predicted octanol–water partition coefficient (Wildman–Crippen LogP) is 7.75. The Morgan fingerprint density at radius 2 is 1.76 bits per heavy atom. The summed E-state index contributed by atoms with van der Waals surface area (Å²) in [6, 6.07) is 11.0. The molecule has 45 heavy (non-hydrogen) atoms. The number of amides is 1. The maximum Gasteiger partial charge on any atom is 0.303 e. The lowest BCUT2D eigenvalue weighted by atomic mass is 9.51. The highest BCUT2D eigenvalue weighted by Gasteiger charge is 2.50. The molecule has 4 aliphatic rings. The third-order valence-electron chi connectivity index (χ3n) is 11.3. The number of fused-ring (bicyclic) bond motifs is 3. The molecule has 7 rings (SSSR count). The van der Waals surface area contributed by atoms with Crippen LogP contribution in [0, 0.1) is 24.2 Å². The minimum absolute atomic E-state index is 0.0831. The second-order valence-electron chi connectivity index (χ2n) is 14.4. The highest BCUT2D eigenvalue weighted by molar-refractivity contribution is 5.95. The average molecular weight is 613 g/mol. The van der Waals surface area contributed by atoms with Crippen molar-refractivity contribution in [2.24, 2.45) is 17.3 Å². The molecule has 1 N–H and O–H groups in total. The van der Waals surface area contributed by atoms with E-state index in [1.807, 2.05) is 29.3 Å². The van der Waals surface area contributed by atoms with Crippen LogP contribution in [0.1, 0.15) is 102 Å². The molecular weight excluding hydrogens is 564 g/mol. The third-order valence-corrected chi connectivity index (χ3v) is 11.3. The van der Waals surface area contributed by atoms with Gasteiger partial charge in [0.15, 0.2) is 0 Å². The number of carbonyl (C=O) groups is 2. The Balaban J connectivity index is 1.25. The van der Waals surface area contributed by atoms with Gasteiger partial charge in [-0.25, -0.2) is 0 Å². The fourth-order valence-electron chi connectivity index (χ4n) is 8.35. The number of carboxylic acid groups (broad SMARTS) is 1. The monoisotopic (exact) mass is 612 g/mol. The summed E-state index contributed by atoms with van der Waals surface area (Å²) in [5.74, 6) is 0.457. The van der Waals surface area contributed by atoms with E-state index in [1.54, 1.807) is 7.11 Å². The van der Waals surface area contributed by atoms with Gasteiger partial charge in [0.05, 0.1) is 19.0 Å². The molecule has 1 amide bonds. The molecule has 8 heteroatoms. The summed E-state index contributed by atoms with van der Waals surface area (Å²) in [6.07, 6.45) is 15.7. The lowest BCUT2D eigenvalue weighted by molar-refractivity contribution is -0.138. The van der Waals surface area contributed by atoms with Crippen molar-refractivity contribution >= 4 is 17.6 Å². The van der Waals surface area contributed by atoms with Gasteiger partial charge in [-0.2, -0.15) is 5.10 Å². The molecule has 4 aliphatic carbocycles. The van der Waals surface area contributed by atoms with E-state index in [-0.39, 0.29) is 41.0 Å². The number of anilines is 1. The number of ether oxygens (including phenoxy) is 1. The van der Waals surface area contributed by atoms with Crippen molar-refractivity contribution in [2.75, 3.05) is 18.6 Å². The van der Waals surface area contributed by atoms with Gasteiger partial charge in [0.1, 0.15) is 5.75 Å². The van der Waals surface area contributed by atoms with Gasteiger partial charge in [-0.05, 0) is 131 Å². The second-order valence-corrected chi connectivity index (χ2v) is 14.4. The second kappa shape index (κ2) is 12.6. The molecule has 240 valence electrons. The van der Waals surface area contributed by atoms with Crippen molar-refractivity contribution in [3.63, 3.8) is 0 Å². The molecule has 0 unspecified atom stereocenters. The summed E-state index contributed by atoms with van der Waals surface area (Å²) in [7, 11) is 1.73. The summed E-state index contributed by atoms with van der Waals surface area (Å²) in [6.45, 7) is 7.05. The van der Waals surface area contributed by atoms with Gasteiger partial charge in [-0.1, -0.05) is 12.1 Å². The lowest BCUT2D eigenvalue weighted by Crippen LogP contribution is -2.51. The van der Waals surface area contributed by atoms with Gasteiger partial charge < -0.3 is 14.7 Å². The zero-order valence-electron chi connectivity index (χ0n) is 27.3. The Hall–Kier alpha value is -3.68. The SMILES string of the molecule is COc1ccc(C23CCC(CN(c4ccnc(-c5cnn(C(C)C)c5)c4)C(=O)[C@H]4CC[C@H](CC(=O)O)CC4)(CC2)CC3)cc1C. The molecule has 2 aromatic heterocycles. The number of benzene rings is 1. The Bertz CT molecular complexity index is 1510. The highest BCUT2D eigenvalue weighted by atomic mass is 16.5. The smallest absolute Gasteiger partial charge is 0.303 e. The minimum Gasteiger partial charge on any atom is -0.496 e. The summed E-state index contributed by atoms with van der Waals surface area (Å²) < 4.78 is 7.47. The number of aliphatic carboxylic acids is 1. The van der Waals surface area contributed by atoms with E-state index >= 15 is 0 Å². The number of aromatic nitrogens is 3. The van der Waals surface area contributed by atoms with Crippen LogP contribution in [0.4, 0.5) is 5.69 Å². The number of rotatable bonds is 10. The van der Waals surface area contributed by atoms with Crippen LogP contribution in [-0.2, 0) is 15.0 Å². The molecule has 0 aliphatic heterocycles. The van der Waals surface area contributed by atoms with Crippen molar-refractivity contribution < 1.29 is 19.4 Å². The number of hydrogen-bond donors (Lipinski definition) is 1. The number of hydrogen-bond acceptors (Lipinski definition) is 5. The van der Waals surface area contributed by atoms with Gasteiger partial charge in [0.2, 0.25) is 5.91 Å². The van der Waals surface area contributed by atoms with Crippen molar-refractivity contribution in [3.05, 3.63) is 60.0 Å². The number of carboxylic acids is 1. The first kappa shape index (κ1) is 31.3. The molecule has 2 bridgehead atoms. The molecule has 8 nitrogen and oxygen atoms in total. The lowest BCUT2D eigenvalue weighted by Gasteiger charge is -2.55. The van der Waals surface area contributed by atoms with E-state index in [2.05, 4.69) is 60.0 Å². The van der Waals surface area contributed by atoms with Crippen LogP contribution < -0.4 is 9.64 Å². The van der Waals surface area contributed by atoms with E-state index in [0.29, 0.717) is 6.54 Å². The molecule has 0 radical (unpaired) electrons. The normalized spacial score (nSPS) is 26.2. The maximum absolute atomic E-state index is 14.5. The third kappa shape index (κ3) is 6.38. The van der Waals surface area contributed by atoms with Gasteiger partial charge in [0.25, 0.3) is 0 Å². The fourth-order valence-corrected chi connectivity index (χ4v) is 8.35. The van der Waals surface area contributed by atoms with Crippen LogP contribution in [0.5, 0.6) is 5.75 Å². The van der Waals surface area contributed by atoms with Crippen LogP contribution in [0.3, 0.4) is 0 Å². The molecule has 3 aromatic rings. The summed E-state index contributed by atoms with van der Waals surface area (Å²) in [4.78, 5) is 32.5. The quantitative estimate of drug-likeness (QED) is 0.251. The van der Waals surface area contributed by atoms with E-state index in [0.717, 1.165) is 86.9 Å². The summed E-state index contributed by atoms with van der Waals surface area (Å²) in [5.41, 5.74) is 5.58. The largest absolute Gasteiger partial charge is 0.496 e. The summed E-state index contributed by atoms with van der Waals surface area (Å²) in [5, 5.41) is 13.8. The Kier molecular flexibility index (Phi) is 8.77. The molecule has 4 saturated carbocycles. The van der Waals surface area contributed by atoms with Crippen LogP contribution in [0.2, 0.25) is 0 Å². The standard InChI is InChI=1S/C37H48N4O4/c1-25(2)41-23-29(22-39-41)32-21-31(11-18-38-32)40(35(44)28-7-5-27(6-8-28)20-34(42)43)24-36-12-15-37(16-13-36,17-14-36)30-9-10-33(45-4)26(3)19-30/h9-11,18-19,21-23,25,27-28H,5-8,12-17,20,24H2,1-4H3,(H,42,43)/t27-,28-,36?,37?. The first-order valence-electron chi connectivity index (χ1n) is 16.8. The molecule has 0 atom stereocenters. The average Bonchev–Trinajstić information content (AvgIpc) is 3.56.